The van der Waals surface area contributed by atoms with Crippen LogP contribution in [0.2, 0.25) is 0 Å². The van der Waals surface area contributed by atoms with Crippen molar-refractivity contribution in [3.63, 3.8) is 0 Å². The van der Waals surface area contributed by atoms with Crippen LogP contribution in [0.25, 0.3) is 0 Å². The zero-order valence-corrected chi connectivity index (χ0v) is 14.6. The number of carbonyl (C=O) groups is 2. The molecule has 136 valence electrons. The molecule has 1 atom stereocenters. The van der Waals surface area contributed by atoms with Gasteiger partial charge in [0.15, 0.2) is 0 Å². The van der Waals surface area contributed by atoms with Gasteiger partial charge in [0.05, 0.1) is 13.2 Å². The number of benzene rings is 1. The van der Waals surface area contributed by atoms with Crippen molar-refractivity contribution < 1.29 is 14.3 Å². The number of ether oxygens (including phenoxy) is 1. The Morgan fingerprint density at radius 1 is 1.20 bits per heavy atom. The van der Waals surface area contributed by atoms with Gasteiger partial charge in [-0.15, -0.1) is 0 Å². The minimum absolute atomic E-state index is 0.00361. The molecule has 2 aliphatic rings. The molecular formula is C19H27N3O3. The second-order valence-corrected chi connectivity index (χ2v) is 6.79. The first kappa shape index (κ1) is 17.9. The summed E-state index contributed by atoms with van der Waals surface area (Å²) in [5.74, 6) is 0.258. The summed E-state index contributed by atoms with van der Waals surface area (Å²) < 4.78 is 5.40. The average molecular weight is 345 g/mol. The molecule has 0 radical (unpaired) electrons. The number of hydrogen-bond acceptors (Lipinski definition) is 4. The minimum atomic E-state index is 0.00361. The third-order valence-corrected chi connectivity index (χ3v) is 4.95. The van der Waals surface area contributed by atoms with Crippen molar-refractivity contribution in [2.24, 2.45) is 5.92 Å². The zero-order valence-electron chi connectivity index (χ0n) is 14.6. The summed E-state index contributed by atoms with van der Waals surface area (Å²) in [7, 11) is 0. The van der Waals surface area contributed by atoms with Gasteiger partial charge in [0.1, 0.15) is 0 Å². The third kappa shape index (κ3) is 5.28. The van der Waals surface area contributed by atoms with E-state index in [1.807, 2.05) is 35.2 Å². The van der Waals surface area contributed by atoms with E-state index in [0.717, 1.165) is 24.9 Å². The summed E-state index contributed by atoms with van der Waals surface area (Å²) in [5.41, 5.74) is 1.10. The maximum absolute atomic E-state index is 12.4. The van der Waals surface area contributed by atoms with Gasteiger partial charge in [-0.3, -0.25) is 9.59 Å². The molecule has 2 N–H and O–H groups in total. The Bertz CT molecular complexity index is 565. The van der Waals surface area contributed by atoms with Crippen molar-refractivity contribution >= 4 is 11.8 Å². The number of piperidine rings is 1. The molecule has 6 heteroatoms. The first-order valence-electron chi connectivity index (χ1n) is 9.13. The summed E-state index contributed by atoms with van der Waals surface area (Å²) in [6, 6.07) is 10.0. The lowest BCUT2D eigenvalue weighted by Crippen LogP contribution is -2.47. The van der Waals surface area contributed by atoms with Gasteiger partial charge in [-0.05, 0) is 18.4 Å². The zero-order chi connectivity index (χ0) is 17.5. The maximum atomic E-state index is 12.4. The molecule has 25 heavy (non-hydrogen) atoms. The second kappa shape index (κ2) is 8.97. The number of carbonyl (C=O) groups excluding carboxylic acids is 2. The van der Waals surface area contributed by atoms with Crippen LogP contribution in [0.3, 0.4) is 0 Å². The van der Waals surface area contributed by atoms with E-state index in [-0.39, 0.29) is 23.8 Å². The van der Waals surface area contributed by atoms with Crippen LogP contribution in [0.1, 0.15) is 24.8 Å². The molecule has 2 heterocycles. The van der Waals surface area contributed by atoms with Gasteiger partial charge in [-0.1, -0.05) is 30.3 Å². The molecule has 3 rings (SSSR count). The molecule has 0 bridgehead atoms. The van der Waals surface area contributed by atoms with Gasteiger partial charge in [0, 0.05) is 44.6 Å². The monoisotopic (exact) mass is 345 g/mol. The summed E-state index contributed by atoms with van der Waals surface area (Å²) >= 11 is 0. The van der Waals surface area contributed by atoms with Crippen molar-refractivity contribution in [3.8, 4) is 0 Å². The van der Waals surface area contributed by atoms with Gasteiger partial charge < -0.3 is 20.3 Å². The Hall–Kier alpha value is -1.92. The third-order valence-electron chi connectivity index (χ3n) is 4.95. The summed E-state index contributed by atoms with van der Waals surface area (Å²) in [6.45, 7) is 4.01. The summed E-state index contributed by atoms with van der Waals surface area (Å²) in [5, 5.41) is 6.32. The lowest BCUT2D eigenvalue weighted by molar-refractivity contribution is -0.136. The van der Waals surface area contributed by atoms with Gasteiger partial charge >= 0.3 is 0 Å². The molecule has 2 fully saturated rings. The van der Waals surface area contributed by atoms with Crippen LogP contribution in [-0.4, -0.2) is 55.6 Å². The molecule has 0 aliphatic carbocycles. The molecule has 2 amide bonds. The predicted octanol–water partition coefficient (Wildman–Crippen LogP) is 0.920. The molecule has 1 unspecified atom stereocenters. The number of nitrogens with one attached hydrogen (secondary N) is 2. The van der Waals surface area contributed by atoms with Gasteiger partial charge in [0.2, 0.25) is 11.8 Å². The quantitative estimate of drug-likeness (QED) is 0.833. The van der Waals surface area contributed by atoms with Gasteiger partial charge in [0.25, 0.3) is 0 Å². The fourth-order valence-electron chi connectivity index (χ4n) is 3.41. The Morgan fingerprint density at radius 3 is 2.64 bits per heavy atom. The number of likely N-dealkylation sites (tertiary alicyclic amines) is 1. The van der Waals surface area contributed by atoms with Crippen LogP contribution in [-0.2, 0) is 20.9 Å². The highest BCUT2D eigenvalue weighted by molar-refractivity contribution is 5.80. The van der Waals surface area contributed by atoms with Crippen molar-refractivity contribution in [3.05, 3.63) is 35.9 Å². The van der Waals surface area contributed by atoms with E-state index in [4.69, 9.17) is 4.74 Å². The second-order valence-electron chi connectivity index (χ2n) is 6.79. The summed E-state index contributed by atoms with van der Waals surface area (Å²) in [6.07, 6.45) is 1.95. The molecular weight excluding hydrogens is 318 g/mol. The van der Waals surface area contributed by atoms with E-state index >= 15 is 0 Å². The fourth-order valence-corrected chi connectivity index (χ4v) is 3.41. The van der Waals surface area contributed by atoms with Crippen LogP contribution in [0, 0.1) is 5.92 Å². The van der Waals surface area contributed by atoms with E-state index in [9.17, 15) is 9.59 Å². The van der Waals surface area contributed by atoms with Crippen LogP contribution >= 0.6 is 0 Å². The van der Waals surface area contributed by atoms with Gasteiger partial charge in [-0.25, -0.2) is 0 Å². The van der Waals surface area contributed by atoms with Crippen LogP contribution < -0.4 is 10.6 Å². The van der Waals surface area contributed by atoms with E-state index in [2.05, 4.69) is 10.6 Å². The normalized spacial score (nSPS) is 21.8. The highest BCUT2D eigenvalue weighted by Gasteiger charge is 2.28. The van der Waals surface area contributed by atoms with Crippen molar-refractivity contribution in [1.29, 1.82) is 0 Å². The molecule has 6 nitrogen and oxygen atoms in total. The minimum Gasteiger partial charge on any atom is -0.378 e. The van der Waals surface area contributed by atoms with Crippen molar-refractivity contribution in [2.45, 2.75) is 31.8 Å². The number of hydrogen-bond donors (Lipinski definition) is 2. The molecule has 0 spiro atoms. The van der Waals surface area contributed by atoms with E-state index < -0.39 is 0 Å². The first-order chi connectivity index (χ1) is 12.2. The Morgan fingerprint density at radius 2 is 1.96 bits per heavy atom. The number of nitrogens with zero attached hydrogens (tertiary/aromatic N) is 1. The fraction of sp³-hybridized carbons (Fsp3) is 0.579. The lowest BCUT2D eigenvalue weighted by Gasteiger charge is -2.33. The lowest BCUT2D eigenvalue weighted by atomic mass is 9.95. The highest BCUT2D eigenvalue weighted by atomic mass is 16.5. The Kier molecular flexibility index (Phi) is 6.42. The largest absolute Gasteiger partial charge is 0.378 e. The van der Waals surface area contributed by atoms with Crippen molar-refractivity contribution in [2.75, 3.05) is 32.8 Å². The molecule has 0 saturated carbocycles. The van der Waals surface area contributed by atoms with Crippen molar-refractivity contribution in [1.82, 2.24) is 15.5 Å². The standard InChI is InChI=1S/C19H27N3O3/c23-18(12-17-14-25-11-8-20-17)22-9-6-16(7-10-22)19(24)21-13-15-4-2-1-3-5-15/h1-5,16-17,20H,6-14H2,(H,21,24). The smallest absolute Gasteiger partial charge is 0.224 e. The Labute approximate surface area is 148 Å². The first-order valence-corrected chi connectivity index (χ1v) is 9.13. The van der Waals surface area contributed by atoms with E-state index in [1.165, 1.54) is 0 Å². The van der Waals surface area contributed by atoms with E-state index in [1.54, 1.807) is 0 Å². The van der Waals surface area contributed by atoms with Crippen LogP contribution in [0.5, 0.6) is 0 Å². The van der Waals surface area contributed by atoms with Crippen LogP contribution in [0.4, 0.5) is 0 Å². The van der Waals surface area contributed by atoms with Gasteiger partial charge in [-0.2, -0.15) is 0 Å². The SMILES string of the molecule is O=C(NCc1ccccc1)C1CCN(C(=O)CC2COCCN2)CC1. The molecule has 2 aliphatic heterocycles. The predicted molar refractivity (Wildman–Crippen MR) is 94.8 cm³/mol. The summed E-state index contributed by atoms with van der Waals surface area (Å²) in [4.78, 5) is 26.6. The molecule has 2 saturated heterocycles. The van der Waals surface area contributed by atoms with E-state index in [0.29, 0.717) is 39.3 Å². The topological polar surface area (TPSA) is 70.7 Å². The molecule has 1 aromatic carbocycles. The average Bonchev–Trinajstić information content (AvgIpc) is 2.68. The molecule has 1 aromatic rings. The van der Waals surface area contributed by atoms with Crippen LogP contribution in [0.15, 0.2) is 30.3 Å². The molecule has 0 aromatic heterocycles. The maximum Gasteiger partial charge on any atom is 0.224 e. The number of amides is 2. The number of morpholine rings is 1. The Balaban J connectivity index is 1.38. The highest BCUT2D eigenvalue weighted by Crippen LogP contribution is 2.19. The number of rotatable bonds is 5.